The maximum absolute atomic E-state index is 12.8. The Hall–Kier alpha value is -2.43. The van der Waals surface area contributed by atoms with Gasteiger partial charge >= 0.3 is 6.03 Å². The van der Waals surface area contributed by atoms with E-state index in [0.29, 0.717) is 11.3 Å². The molecule has 11 heteroatoms. The van der Waals surface area contributed by atoms with Gasteiger partial charge in [-0.05, 0) is 29.8 Å². The topological polar surface area (TPSA) is 79.0 Å². The van der Waals surface area contributed by atoms with Crippen molar-refractivity contribution < 1.29 is 26.7 Å². The van der Waals surface area contributed by atoms with Crippen LogP contribution in [0.1, 0.15) is 5.56 Å². The Kier molecular flexibility index (Phi) is 7.69. The fraction of sp³-hybridized carbons (Fsp3) is 0.350. The quantitative estimate of drug-likeness (QED) is 0.669. The van der Waals surface area contributed by atoms with Crippen molar-refractivity contribution in [3.05, 3.63) is 59.1 Å². The monoisotopic (exact) mass is 473 g/mol. The van der Waals surface area contributed by atoms with Gasteiger partial charge in [0.25, 0.3) is 6.43 Å². The van der Waals surface area contributed by atoms with E-state index in [1.807, 2.05) is 0 Å². The summed E-state index contributed by atoms with van der Waals surface area (Å²) in [7, 11) is -3.74. The predicted octanol–water partition coefficient (Wildman–Crippen LogP) is 3.20. The highest BCUT2D eigenvalue weighted by atomic mass is 35.5. The highest BCUT2D eigenvalue weighted by molar-refractivity contribution is 7.89. The second kappa shape index (κ2) is 10.3. The van der Waals surface area contributed by atoms with E-state index in [4.69, 9.17) is 16.3 Å². The number of urea groups is 1. The van der Waals surface area contributed by atoms with Gasteiger partial charge in [0.15, 0.2) is 0 Å². The lowest BCUT2D eigenvalue weighted by Gasteiger charge is -2.34. The summed E-state index contributed by atoms with van der Waals surface area (Å²) in [6.45, 7) is 0.246. The highest BCUT2D eigenvalue weighted by Crippen LogP contribution is 2.25. The van der Waals surface area contributed by atoms with Crippen molar-refractivity contribution in [3.63, 3.8) is 0 Å². The molecule has 3 rings (SSSR count). The Bertz CT molecular complexity index is 1010. The number of amides is 2. The molecule has 7 nitrogen and oxygen atoms in total. The highest BCUT2D eigenvalue weighted by Gasteiger charge is 2.31. The summed E-state index contributed by atoms with van der Waals surface area (Å²) in [4.78, 5) is 14.0. The van der Waals surface area contributed by atoms with Crippen LogP contribution in [0.2, 0.25) is 5.02 Å². The minimum absolute atomic E-state index is 0.0449. The van der Waals surface area contributed by atoms with Crippen LogP contribution in [-0.4, -0.2) is 62.9 Å². The number of rotatable bonds is 7. The van der Waals surface area contributed by atoms with Crippen LogP contribution < -0.4 is 10.1 Å². The molecule has 1 aliphatic heterocycles. The molecule has 0 aliphatic carbocycles. The molecule has 2 amide bonds. The summed E-state index contributed by atoms with van der Waals surface area (Å²) in [5, 5.41) is 2.90. The number of sulfonamides is 1. The van der Waals surface area contributed by atoms with Gasteiger partial charge in [-0.15, -0.1) is 0 Å². The maximum Gasteiger partial charge on any atom is 0.317 e. The lowest BCUT2D eigenvalue weighted by atomic mass is 10.2. The Morgan fingerprint density at radius 1 is 1.10 bits per heavy atom. The first-order valence-electron chi connectivity index (χ1n) is 9.54. The molecular weight excluding hydrogens is 452 g/mol. The lowest BCUT2D eigenvalue weighted by molar-refractivity contribution is 0.0818. The van der Waals surface area contributed by atoms with Crippen LogP contribution in [-0.2, 0) is 16.6 Å². The van der Waals surface area contributed by atoms with Crippen molar-refractivity contribution in [3.8, 4) is 5.75 Å². The van der Waals surface area contributed by atoms with E-state index < -0.39 is 23.1 Å². The first-order chi connectivity index (χ1) is 14.8. The van der Waals surface area contributed by atoms with E-state index >= 15 is 0 Å². The van der Waals surface area contributed by atoms with Gasteiger partial charge in [0.05, 0.1) is 5.02 Å². The molecule has 0 unspecified atom stereocenters. The average molecular weight is 474 g/mol. The first kappa shape index (κ1) is 23.2. The lowest BCUT2D eigenvalue weighted by Crippen LogP contribution is -2.53. The van der Waals surface area contributed by atoms with Crippen molar-refractivity contribution in [1.82, 2.24) is 14.5 Å². The van der Waals surface area contributed by atoms with E-state index in [0.717, 1.165) is 0 Å². The summed E-state index contributed by atoms with van der Waals surface area (Å²) in [5.41, 5.74) is 0.694. The van der Waals surface area contributed by atoms with Crippen LogP contribution in [0.15, 0.2) is 53.4 Å². The van der Waals surface area contributed by atoms with E-state index in [1.165, 1.54) is 21.3 Å². The van der Waals surface area contributed by atoms with E-state index in [9.17, 15) is 22.0 Å². The van der Waals surface area contributed by atoms with Gasteiger partial charge in [0.1, 0.15) is 17.3 Å². The maximum atomic E-state index is 12.8. The Morgan fingerprint density at radius 2 is 1.81 bits per heavy atom. The SMILES string of the molecule is O=C(NCc1cccc(OCC(F)F)c1)N1CCN(S(=O)(=O)c2ccccc2Cl)CC1. The second-order valence-electron chi connectivity index (χ2n) is 6.83. The zero-order valence-corrected chi connectivity index (χ0v) is 18.1. The predicted molar refractivity (Wildman–Crippen MR) is 112 cm³/mol. The van der Waals surface area contributed by atoms with E-state index in [2.05, 4.69) is 5.32 Å². The summed E-state index contributed by atoms with van der Waals surface area (Å²) < 4.78 is 56.4. The number of ether oxygens (including phenoxy) is 1. The second-order valence-corrected chi connectivity index (χ2v) is 9.14. The summed E-state index contributed by atoms with van der Waals surface area (Å²) in [5.74, 6) is 0.297. The van der Waals surface area contributed by atoms with Crippen LogP contribution in [0.4, 0.5) is 13.6 Å². The molecule has 1 fully saturated rings. The molecule has 1 aliphatic rings. The molecule has 0 aromatic heterocycles. The number of nitrogens with zero attached hydrogens (tertiary/aromatic N) is 2. The first-order valence-corrected chi connectivity index (χ1v) is 11.4. The van der Waals surface area contributed by atoms with Crippen molar-refractivity contribution in [2.45, 2.75) is 17.9 Å². The van der Waals surface area contributed by atoms with Crippen LogP contribution in [0.25, 0.3) is 0 Å². The number of benzene rings is 2. The molecule has 0 bridgehead atoms. The van der Waals surface area contributed by atoms with Crippen LogP contribution in [0, 0.1) is 0 Å². The normalized spacial score (nSPS) is 15.2. The minimum Gasteiger partial charge on any atom is -0.488 e. The zero-order chi connectivity index (χ0) is 22.4. The molecule has 2 aromatic carbocycles. The van der Waals surface area contributed by atoms with Crippen LogP contribution >= 0.6 is 11.6 Å². The largest absolute Gasteiger partial charge is 0.488 e. The van der Waals surface area contributed by atoms with Crippen LogP contribution in [0.3, 0.4) is 0 Å². The summed E-state index contributed by atoms with van der Waals surface area (Å²) in [6, 6.07) is 12.4. The number of halogens is 3. The number of piperazine rings is 1. The van der Waals surface area contributed by atoms with Crippen molar-refractivity contribution >= 4 is 27.7 Å². The Labute approximate surface area is 184 Å². The summed E-state index contributed by atoms with van der Waals surface area (Å²) >= 11 is 6.03. The van der Waals surface area contributed by atoms with E-state index in [1.54, 1.807) is 36.4 Å². The molecule has 31 heavy (non-hydrogen) atoms. The molecule has 2 aromatic rings. The molecule has 1 saturated heterocycles. The molecular formula is C20H22ClF2N3O4S. The van der Waals surface area contributed by atoms with Gasteiger partial charge in [0.2, 0.25) is 10.0 Å². The fourth-order valence-corrected chi connectivity index (χ4v) is 5.03. The summed E-state index contributed by atoms with van der Waals surface area (Å²) in [6.07, 6.45) is -2.57. The third kappa shape index (κ3) is 6.05. The third-order valence-electron chi connectivity index (χ3n) is 4.70. The van der Waals surface area contributed by atoms with Gasteiger partial charge in [-0.1, -0.05) is 35.9 Å². The van der Waals surface area contributed by atoms with Crippen molar-refractivity contribution in [2.75, 3.05) is 32.8 Å². The molecule has 0 radical (unpaired) electrons. The van der Waals surface area contributed by atoms with Gasteiger partial charge in [0, 0.05) is 32.7 Å². The zero-order valence-electron chi connectivity index (χ0n) is 16.5. The van der Waals surface area contributed by atoms with Crippen molar-refractivity contribution in [1.29, 1.82) is 0 Å². The van der Waals surface area contributed by atoms with Gasteiger partial charge in [-0.2, -0.15) is 4.31 Å². The molecule has 0 saturated carbocycles. The molecule has 1 heterocycles. The van der Waals surface area contributed by atoms with Gasteiger partial charge < -0.3 is 15.0 Å². The number of carbonyl (C=O) groups excluding carboxylic acids is 1. The number of nitrogens with one attached hydrogen (secondary N) is 1. The number of hydrogen-bond donors (Lipinski definition) is 1. The smallest absolute Gasteiger partial charge is 0.317 e. The van der Waals surface area contributed by atoms with Gasteiger partial charge in [-0.25, -0.2) is 22.0 Å². The van der Waals surface area contributed by atoms with Gasteiger partial charge in [-0.3, -0.25) is 0 Å². The number of carbonyl (C=O) groups is 1. The number of alkyl halides is 2. The van der Waals surface area contributed by atoms with Crippen LogP contribution in [0.5, 0.6) is 5.75 Å². The molecule has 1 N–H and O–H groups in total. The minimum atomic E-state index is -3.74. The Morgan fingerprint density at radius 3 is 2.48 bits per heavy atom. The fourth-order valence-electron chi connectivity index (χ4n) is 3.12. The molecule has 0 spiro atoms. The Balaban J connectivity index is 1.52. The molecule has 0 atom stereocenters. The number of hydrogen-bond acceptors (Lipinski definition) is 4. The average Bonchev–Trinajstić information content (AvgIpc) is 2.76. The molecule has 168 valence electrons. The van der Waals surface area contributed by atoms with E-state index in [-0.39, 0.29) is 48.7 Å². The standard InChI is InChI=1S/C20H22ClF2N3O4S/c21-17-6-1-2-7-18(17)31(28,29)26-10-8-25(9-11-26)20(27)24-13-15-4-3-5-16(12-15)30-14-19(22)23/h1-7,12,19H,8-11,13-14H2,(H,24,27). The van der Waals surface area contributed by atoms with Crippen molar-refractivity contribution in [2.24, 2.45) is 0 Å². The third-order valence-corrected chi connectivity index (χ3v) is 7.10.